The molecule has 10 heteroatoms. The Morgan fingerprint density at radius 1 is 1.33 bits per heavy atom. The Morgan fingerprint density at radius 2 is 1.95 bits per heavy atom. The molecule has 0 unspecified atom stereocenters. The monoisotopic (exact) mass is 297 g/mol. The van der Waals surface area contributed by atoms with Gasteiger partial charge in [0, 0.05) is 6.20 Å². The highest BCUT2D eigenvalue weighted by Crippen LogP contribution is 2.12. The van der Waals surface area contributed by atoms with E-state index in [0.29, 0.717) is 0 Å². The maximum absolute atomic E-state index is 11.7. The lowest BCUT2D eigenvalue weighted by Crippen LogP contribution is -2.35. The molecule has 0 spiro atoms. The highest BCUT2D eigenvalue weighted by Gasteiger charge is 2.24. The van der Waals surface area contributed by atoms with Crippen molar-refractivity contribution >= 4 is 30.6 Å². The molecule has 1 aromatic heterocycles. The van der Waals surface area contributed by atoms with Crippen LogP contribution >= 0.6 is 0 Å². The predicted molar refractivity (Wildman–Crippen MR) is 73.1 cm³/mol. The summed E-state index contributed by atoms with van der Waals surface area (Å²) < 4.78 is 9.52. The molecule has 3 N–H and O–H groups in total. The van der Waals surface area contributed by atoms with Crippen molar-refractivity contribution in [3.8, 4) is 0 Å². The molecule has 9 nitrogen and oxygen atoms in total. The summed E-state index contributed by atoms with van der Waals surface area (Å²) in [5, 5.41) is 20.3. The summed E-state index contributed by atoms with van der Waals surface area (Å²) in [5.41, 5.74) is -1.36. The zero-order valence-electron chi connectivity index (χ0n) is 12.1. The highest BCUT2D eigenvalue weighted by atomic mass is 16.6. The van der Waals surface area contributed by atoms with E-state index >= 15 is 0 Å². The van der Waals surface area contributed by atoms with Gasteiger partial charge in [0.15, 0.2) is 11.5 Å². The maximum atomic E-state index is 11.7. The molecule has 114 valence electrons. The van der Waals surface area contributed by atoms with Gasteiger partial charge in [-0.15, -0.1) is 0 Å². The number of carbonyl (C=O) groups excluding carboxylic acids is 2. The quantitative estimate of drug-likeness (QED) is 0.492. The minimum Gasteiger partial charge on any atom is -0.464 e. The summed E-state index contributed by atoms with van der Waals surface area (Å²) in [4.78, 5) is 30.7. The van der Waals surface area contributed by atoms with Gasteiger partial charge >= 0.3 is 19.2 Å². The lowest BCUT2D eigenvalue weighted by Gasteiger charge is -2.19. The van der Waals surface area contributed by atoms with Crippen LogP contribution in [0.2, 0.25) is 0 Å². The topological polar surface area (TPSA) is 131 Å². The van der Waals surface area contributed by atoms with Crippen LogP contribution in [-0.2, 0) is 9.47 Å². The number of anilines is 1. The standard InChI is InChI=1S/C11H16BN3O6/c1-11(2,3)21-10(17)15-8-7(9(16)20-4)14-6(5-13-8)12(18)19/h5,18-19H,1-4H3,(H,13,15,17). The van der Waals surface area contributed by atoms with Crippen LogP contribution in [0, 0.1) is 0 Å². The number of nitrogens with one attached hydrogen (secondary N) is 1. The number of ether oxygens (including phenoxy) is 2. The van der Waals surface area contributed by atoms with Crippen LogP contribution in [0.5, 0.6) is 0 Å². The first-order chi connectivity index (χ1) is 9.64. The van der Waals surface area contributed by atoms with E-state index in [0.717, 1.165) is 13.3 Å². The molecule has 21 heavy (non-hydrogen) atoms. The van der Waals surface area contributed by atoms with Crippen molar-refractivity contribution in [1.29, 1.82) is 0 Å². The number of rotatable bonds is 3. The van der Waals surface area contributed by atoms with E-state index in [4.69, 9.17) is 14.8 Å². The normalized spacial score (nSPS) is 10.8. The van der Waals surface area contributed by atoms with Crippen molar-refractivity contribution in [2.45, 2.75) is 26.4 Å². The molecule has 0 saturated carbocycles. The van der Waals surface area contributed by atoms with E-state index in [9.17, 15) is 9.59 Å². The number of carbonyl (C=O) groups is 2. The fraction of sp³-hybridized carbons (Fsp3) is 0.455. The number of hydrogen-bond acceptors (Lipinski definition) is 8. The number of esters is 1. The second-order valence-corrected chi connectivity index (χ2v) is 4.98. The Morgan fingerprint density at radius 3 is 2.43 bits per heavy atom. The van der Waals surface area contributed by atoms with Gasteiger partial charge in [-0.05, 0) is 20.8 Å². The van der Waals surface area contributed by atoms with E-state index in [1.165, 1.54) is 0 Å². The van der Waals surface area contributed by atoms with Gasteiger partial charge in [-0.2, -0.15) is 0 Å². The van der Waals surface area contributed by atoms with Gasteiger partial charge in [0.05, 0.1) is 12.7 Å². The number of amides is 1. The molecule has 0 bridgehead atoms. The molecule has 0 aliphatic carbocycles. The molecule has 0 atom stereocenters. The first kappa shape index (κ1) is 16.9. The molecule has 1 rings (SSSR count). The van der Waals surface area contributed by atoms with Crippen molar-refractivity contribution in [2.75, 3.05) is 12.4 Å². The average molecular weight is 297 g/mol. The molecule has 1 heterocycles. The second-order valence-electron chi connectivity index (χ2n) is 4.98. The molecular weight excluding hydrogens is 281 g/mol. The Kier molecular flexibility index (Phi) is 5.22. The fourth-order valence-corrected chi connectivity index (χ4v) is 1.26. The summed E-state index contributed by atoms with van der Waals surface area (Å²) in [6, 6.07) is 0. The first-order valence-electron chi connectivity index (χ1n) is 5.95. The summed E-state index contributed by atoms with van der Waals surface area (Å²) >= 11 is 0. The average Bonchev–Trinajstić information content (AvgIpc) is 2.35. The third-order valence-corrected chi connectivity index (χ3v) is 2.05. The second kappa shape index (κ2) is 6.50. The highest BCUT2D eigenvalue weighted by molar-refractivity contribution is 6.57. The van der Waals surface area contributed by atoms with Gasteiger partial charge in [-0.25, -0.2) is 19.6 Å². The van der Waals surface area contributed by atoms with Gasteiger partial charge in [0.1, 0.15) is 5.60 Å². The number of nitrogens with zero attached hydrogens (tertiary/aromatic N) is 2. The van der Waals surface area contributed by atoms with E-state index in [2.05, 4.69) is 20.0 Å². The minimum atomic E-state index is -1.91. The van der Waals surface area contributed by atoms with Gasteiger partial charge in [0.25, 0.3) is 0 Å². The Hall–Kier alpha value is -2.20. The molecule has 0 radical (unpaired) electrons. The van der Waals surface area contributed by atoms with Crippen LogP contribution < -0.4 is 10.9 Å². The SMILES string of the molecule is COC(=O)c1nc(B(O)O)cnc1NC(=O)OC(C)(C)C. The Labute approximate surface area is 121 Å². The molecule has 0 aliphatic heterocycles. The number of methoxy groups -OCH3 is 1. The van der Waals surface area contributed by atoms with E-state index in [1.807, 2.05) is 0 Å². The lowest BCUT2D eigenvalue weighted by molar-refractivity contribution is 0.0595. The number of aromatic nitrogens is 2. The van der Waals surface area contributed by atoms with E-state index in [1.54, 1.807) is 20.8 Å². The molecule has 0 aliphatic rings. The molecule has 1 aromatic rings. The Balaban J connectivity index is 3.06. The van der Waals surface area contributed by atoms with Gasteiger partial charge in [-0.1, -0.05) is 0 Å². The van der Waals surface area contributed by atoms with Crippen LogP contribution in [-0.4, -0.2) is 51.9 Å². The zero-order valence-corrected chi connectivity index (χ0v) is 12.1. The molecule has 0 fully saturated rings. The fourth-order valence-electron chi connectivity index (χ4n) is 1.26. The van der Waals surface area contributed by atoms with Crippen LogP contribution in [0.3, 0.4) is 0 Å². The van der Waals surface area contributed by atoms with Gasteiger partial charge in [0.2, 0.25) is 0 Å². The third-order valence-electron chi connectivity index (χ3n) is 2.05. The van der Waals surface area contributed by atoms with E-state index in [-0.39, 0.29) is 17.1 Å². The summed E-state index contributed by atoms with van der Waals surface area (Å²) in [7, 11) is -0.792. The smallest absolute Gasteiger partial charge is 0.464 e. The minimum absolute atomic E-state index is 0.208. The van der Waals surface area contributed by atoms with Crippen LogP contribution in [0.1, 0.15) is 31.3 Å². The van der Waals surface area contributed by atoms with Gasteiger partial charge < -0.3 is 19.5 Å². The first-order valence-corrected chi connectivity index (χ1v) is 5.95. The van der Waals surface area contributed by atoms with Crippen LogP contribution in [0.25, 0.3) is 0 Å². The summed E-state index contributed by atoms with van der Waals surface area (Å²) in [6.07, 6.45) is 0.170. The number of hydrogen-bond donors (Lipinski definition) is 3. The van der Waals surface area contributed by atoms with Crippen molar-refractivity contribution < 1.29 is 29.1 Å². The summed E-state index contributed by atoms with van der Waals surface area (Å²) in [6.45, 7) is 5.01. The van der Waals surface area contributed by atoms with Crippen LogP contribution in [0.15, 0.2) is 6.20 Å². The van der Waals surface area contributed by atoms with Gasteiger partial charge in [-0.3, -0.25) is 5.32 Å². The van der Waals surface area contributed by atoms with Crippen molar-refractivity contribution in [2.24, 2.45) is 0 Å². The molecular formula is C11H16BN3O6. The molecule has 0 saturated heterocycles. The molecule has 0 aromatic carbocycles. The maximum Gasteiger partial charge on any atom is 0.509 e. The van der Waals surface area contributed by atoms with Crippen LogP contribution in [0.4, 0.5) is 10.6 Å². The third kappa shape index (κ3) is 5.01. The van der Waals surface area contributed by atoms with Crippen molar-refractivity contribution in [1.82, 2.24) is 9.97 Å². The van der Waals surface area contributed by atoms with Crippen molar-refractivity contribution in [3.63, 3.8) is 0 Å². The Bertz CT molecular complexity index is 543. The molecule has 1 amide bonds. The predicted octanol–water partition coefficient (Wildman–Crippen LogP) is -0.710. The largest absolute Gasteiger partial charge is 0.509 e. The van der Waals surface area contributed by atoms with E-state index < -0.39 is 24.8 Å². The lowest BCUT2D eigenvalue weighted by atomic mass is 9.87. The van der Waals surface area contributed by atoms with Crippen molar-refractivity contribution in [3.05, 3.63) is 11.9 Å². The summed E-state index contributed by atoms with van der Waals surface area (Å²) in [5.74, 6) is -1.10. The zero-order chi connectivity index (χ0) is 16.2.